The Bertz CT molecular complexity index is 1060. The van der Waals surface area contributed by atoms with E-state index in [0.717, 1.165) is 0 Å². The van der Waals surface area contributed by atoms with Crippen molar-refractivity contribution in [2.75, 3.05) is 0 Å². The molecule has 0 fully saturated rings. The van der Waals surface area contributed by atoms with Gasteiger partial charge in [0.25, 0.3) is 5.89 Å². The van der Waals surface area contributed by atoms with Crippen molar-refractivity contribution < 1.29 is 17.6 Å². The number of halogens is 3. The summed E-state index contributed by atoms with van der Waals surface area (Å²) >= 11 is 0. The van der Waals surface area contributed by atoms with E-state index in [4.69, 9.17) is 4.42 Å². The fourth-order valence-corrected chi connectivity index (χ4v) is 2.41. The molecule has 0 N–H and O–H groups in total. The third-order valence-corrected chi connectivity index (χ3v) is 3.68. The van der Waals surface area contributed by atoms with Gasteiger partial charge in [-0.1, -0.05) is 17.3 Å². The van der Waals surface area contributed by atoms with E-state index in [9.17, 15) is 13.2 Å². The van der Waals surface area contributed by atoms with E-state index in [1.807, 2.05) is 0 Å². The quantitative estimate of drug-likeness (QED) is 0.533. The van der Waals surface area contributed by atoms with Crippen LogP contribution in [0, 0.1) is 5.82 Å². The summed E-state index contributed by atoms with van der Waals surface area (Å²) < 4.78 is 44.7. The number of rotatable bonds is 5. The molecule has 0 atom stereocenters. The van der Waals surface area contributed by atoms with Crippen LogP contribution in [0.15, 0.2) is 53.2 Å². The second kappa shape index (κ2) is 6.98. The first kappa shape index (κ1) is 16.9. The summed E-state index contributed by atoms with van der Waals surface area (Å²) in [4.78, 5) is 4.24. The van der Waals surface area contributed by atoms with Gasteiger partial charge in [0.05, 0.1) is 24.0 Å². The highest BCUT2D eigenvalue weighted by Crippen LogP contribution is 2.23. The molecule has 0 saturated carbocycles. The first-order valence-corrected chi connectivity index (χ1v) is 7.81. The largest absolute Gasteiger partial charge is 0.415 e. The number of hydrogen-bond donors (Lipinski definition) is 0. The summed E-state index contributed by atoms with van der Waals surface area (Å²) in [5.74, 6) is -1.12. The molecule has 7 nitrogen and oxygen atoms in total. The maximum Gasteiger partial charge on any atom is 0.314 e. The van der Waals surface area contributed by atoms with E-state index in [2.05, 4.69) is 25.5 Å². The smallest absolute Gasteiger partial charge is 0.314 e. The summed E-state index contributed by atoms with van der Waals surface area (Å²) in [6.45, 7) is 0.328. The van der Waals surface area contributed by atoms with Crippen molar-refractivity contribution >= 4 is 0 Å². The van der Waals surface area contributed by atoms with Crippen LogP contribution in [0.4, 0.5) is 13.2 Å². The molecule has 136 valence electrons. The topological polar surface area (TPSA) is 82.5 Å². The zero-order valence-electron chi connectivity index (χ0n) is 13.6. The van der Waals surface area contributed by atoms with Gasteiger partial charge in [0, 0.05) is 11.8 Å². The molecule has 0 aliphatic carbocycles. The third kappa shape index (κ3) is 3.68. The Labute approximate surface area is 150 Å². The van der Waals surface area contributed by atoms with Gasteiger partial charge in [-0.25, -0.2) is 9.07 Å². The molecule has 0 radical (unpaired) electrons. The second-order valence-electron chi connectivity index (χ2n) is 5.60. The Morgan fingerprint density at radius 1 is 1.04 bits per heavy atom. The molecule has 0 unspecified atom stereocenters. The molecule has 27 heavy (non-hydrogen) atoms. The highest BCUT2D eigenvalue weighted by Gasteiger charge is 2.17. The molecule has 3 heterocycles. The van der Waals surface area contributed by atoms with Crippen molar-refractivity contribution in [3.63, 3.8) is 0 Å². The average Bonchev–Trinajstić information content (AvgIpc) is 3.32. The molecule has 1 aromatic carbocycles. The van der Waals surface area contributed by atoms with Crippen LogP contribution in [0.1, 0.15) is 18.0 Å². The summed E-state index contributed by atoms with van der Waals surface area (Å²) in [6, 6.07) is 9.39. The molecule has 0 amide bonds. The number of nitrogens with zero attached hydrogens (tertiary/aromatic N) is 6. The monoisotopic (exact) mass is 372 g/mol. The van der Waals surface area contributed by atoms with Crippen LogP contribution < -0.4 is 0 Å². The van der Waals surface area contributed by atoms with Gasteiger partial charge in [-0.15, -0.1) is 15.3 Å². The maximum atomic E-state index is 13.3. The van der Waals surface area contributed by atoms with Crippen molar-refractivity contribution in [2.24, 2.45) is 0 Å². The number of hydrogen-bond acceptors (Lipinski definition) is 6. The van der Waals surface area contributed by atoms with Gasteiger partial charge in [0.1, 0.15) is 11.5 Å². The Morgan fingerprint density at radius 3 is 2.63 bits per heavy atom. The summed E-state index contributed by atoms with van der Waals surface area (Å²) in [5, 5.41) is 14.9. The minimum Gasteiger partial charge on any atom is -0.415 e. The van der Waals surface area contributed by atoms with Gasteiger partial charge in [-0.3, -0.25) is 4.98 Å². The first-order valence-electron chi connectivity index (χ1n) is 7.81. The van der Waals surface area contributed by atoms with Gasteiger partial charge < -0.3 is 4.42 Å². The molecule has 3 aromatic heterocycles. The lowest BCUT2D eigenvalue weighted by atomic mass is 10.2. The van der Waals surface area contributed by atoms with Gasteiger partial charge >= 0.3 is 6.43 Å². The standard InChI is InChI=1S/C17H11F3N6O/c18-12-3-1-2-10(6-12)14-9-26(25-22-14)8-13-5-4-11(7-21-13)16-23-24-17(27-16)15(19)20/h1-7,9,15H,8H2. The third-order valence-electron chi connectivity index (χ3n) is 3.68. The Balaban J connectivity index is 1.49. The van der Waals surface area contributed by atoms with E-state index >= 15 is 0 Å². The van der Waals surface area contributed by atoms with E-state index in [0.29, 0.717) is 29.1 Å². The average molecular weight is 372 g/mol. The molecule has 0 saturated heterocycles. The normalized spacial score (nSPS) is 11.3. The molecule has 0 aliphatic heterocycles. The van der Waals surface area contributed by atoms with Crippen molar-refractivity contribution in [3.05, 3.63) is 66.2 Å². The van der Waals surface area contributed by atoms with Crippen LogP contribution in [0.25, 0.3) is 22.7 Å². The van der Waals surface area contributed by atoms with Crippen LogP contribution in [0.3, 0.4) is 0 Å². The molecular weight excluding hydrogens is 361 g/mol. The van der Waals surface area contributed by atoms with E-state index < -0.39 is 12.3 Å². The van der Waals surface area contributed by atoms with Crippen LogP contribution >= 0.6 is 0 Å². The van der Waals surface area contributed by atoms with Crippen molar-refractivity contribution in [3.8, 4) is 22.7 Å². The predicted molar refractivity (Wildman–Crippen MR) is 87.0 cm³/mol. The molecule has 0 aliphatic rings. The lowest BCUT2D eigenvalue weighted by Gasteiger charge is -2.01. The van der Waals surface area contributed by atoms with Gasteiger partial charge in [0.15, 0.2) is 0 Å². The maximum absolute atomic E-state index is 13.3. The Morgan fingerprint density at radius 2 is 1.93 bits per heavy atom. The van der Waals surface area contributed by atoms with Gasteiger partial charge in [-0.05, 0) is 24.3 Å². The SMILES string of the molecule is Fc1cccc(-c2cn(Cc3ccc(-c4nnc(C(F)F)o4)cn3)nn2)c1. The number of alkyl halides is 2. The lowest BCUT2D eigenvalue weighted by Crippen LogP contribution is -2.02. The number of benzene rings is 1. The zero-order valence-corrected chi connectivity index (χ0v) is 13.6. The van der Waals surface area contributed by atoms with Crippen LogP contribution in [-0.2, 0) is 6.54 Å². The first-order chi connectivity index (χ1) is 13.1. The highest BCUT2D eigenvalue weighted by molar-refractivity contribution is 5.57. The predicted octanol–water partition coefficient (Wildman–Crippen LogP) is 3.52. The molecule has 4 aromatic rings. The lowest BCUT2D eigenvalue weighted by molar-refractivity contribution is 0.116. The van der Waals surface area contributed by atoms with Crippen LogP contribution in [0.5, 0.6) is 0 Å². The van der Waals surface area contributed by atoms with Crippen LogP contribution in [0.2, 0.25) is 0 Å². The highest BCUT2D eigenvalue weighted by atomic mass is 19.3. The molecule has 4 rings (SSSR count). The number of aromatic nitrogens is 6. The second-order valence-corrected chi connectivity index (χ2v) is 5.60. The molecule has 0 spiro atoms. The van der Waals surface area contributed by atoms with E-state index in [-0.39, 0.29) is 11.7 Å². The van der Waals surface area contributed by atoms with E-state index in [1.54, 1.807) is 35.1 Å². The van der Waals surface area contributed by atoms with Crippen molar-refractivity contribution in [2.45, 2.75) is 13.0 Å². The van der Waals surface area contributed by atoms with Gasteiger partial charge in [-0.2, -0.15) is 8.78 Å². The van der Waals surface area contributed by atoms with E-state index in [1.165, 1.54) is 18.3 Å². The van der Waals surface area contributed by atoms with Crippen molar-refractivity contribution in [1.29, 1.82) is 0 Å². The fraction of sp³-hybridized carbons (Fsp3) is 0.118. The summed E-state index contributed by atoms with van der Waals surface area (Å²) in [5.41, 5.74) is 2.24. The zero-order chi connectivity index (χ0) is 18.8. The Kier molecular flexibility index (Phi) is 4.37. The molecule has 0 bridgehead atoms. The summed E-state index contributed by atoms with van der Waals surface area (Å²) in [7, 11) is 0. The molecule has 10 heteroatoms. The minimum atomic E-state index is -2.82. The Hall–Kier alpha value is -3.56. The van der Waals surface area contributed by atoms with Crippen LogP contribution in [-0.4, -0.2) is 30.2 Å². The van der Waals surface area contributed by atoms with Gasteiger partial charge in [0.2, 0.25) is 5.89 Å². The molecular formula is C17H11F3N6O. The number of pyridine rings is 1. The summed E-state index contributed by atoms with van der Waals surface area (Å²) in [6.07, 6.45) is 0.304. The van der Waals surface area contributed by atoms with Crippen molar-refractivity contribution in [1.82, 2.24) is 30.2 Å². The fourth-order valence-electron chi connectivity index (χ4n) is 2.41. The minimum absolute atomic E-state index is 0.0292.